The molecule has 0 atom stereocenters. The fraction of sp³-hybridized carbons (Fsp3) is 0.250. The number of carbonyl (C=O) groups excluding carboxylic acids is 1. The average molecular weight is 520 g/mol. The van der Waals surface area contributed by atoms with E-state index in [0.29, 0.717) is 60.3 Å². The number of piperazine rings is 1. The third-order valence-electron chi connectivity index (χ3n) is 6.61. The van der Waals surface area contributed by atoms with Crippen LogP contribution in [0.2, 0.25) is 0 Å². The van der Waals surface area contributed by atoms with E-state index < -0.39 is 0 Å². The molecular formula is C28H30ClN5O3. The van der Waals surface area contributed by atoms with E-state index in [1.54, 1.807) is 26.4 Å². The van der Waals surface area contributed by atoms with Gasteiger partial charge in [0, 0.05) is 37.6 Å². The van der Waals surface area contributed by atoms with Crippen molar-refractivity contribution in [1.29, 1.82) is 0 Å². The average Bonchev–Trinajstić information content (AvgIpc) is 2.93. The van der Waals surface area contributed by atoms with Crippen molar-refractivity contribution in [3.63, 3.8) is 0 Å². The maximum absolute atomic E-state index is 13.7. The predicted molar refractivity (Wildman–Crippen MR) is 148 cm³/mol. The Morgan fingerprint density at radius 3 is 1.92 bits per heavy atom. The van der Waals surface area contributed by atoms with Crippen LogP contribution in [0.25, 0.3) is 10.9 Å². The molecule has 1 aromatic heterocycles. The molecule has 1 aliphatic rings. The van der Waals surface area contributed by atoms with Crippen molar-refractivity contribution in [2.75, 3.05) is 51.0 Å². The number of rotatable bonds is 6. The van der Waals surface area contributed by atoms with E-state index in [9.17, 15) is 4.79 Å². The lowest BCUT2D eigenvalue weighted by Gasteiger charge is -2.36. The number of nitrogens with zero attached hydrogens (tertiary/aromatic N) is 4. The maximum Gasteiger partial charge on any atom is 0.234 e. The van der Waals surface area contributed by atoms with Crippen molar-refractivity contribution in [1.82, 2.24) is 14.9 Å². The largest absolute Gasteiger partial charge is 0.493 e. The number of amides is 1. The van der Waals surface area contributed by atoms with Gasteiger partial charge in [-0.3, -0.25) is 4.79 Å². The molecule has 1 saturated heterocycles. The molecule has 9 heteroatoms. The van der Waals surface area contributed by atoms with Crippen LogP contribution in [0.4, 0.5) is 11.8 Å². The molecule has 3 aromatic carbocycles. The minimum atomic E-state index is -0.339. The highest BCUT2D eigenvalue weighted by molar-refractivity contribution is 5.92. The van der Waals surface area contributed by atoms with Crippen LogP contribution in [0.1, 0.15) is 17.0 Å². The zero-order valence-corrected chi connectivity index (χ0v) is 21.6. The summed E-state index contributed by atoms with van der Waals surface area (Å²) in [6.45, 7) is 2.37. The summed E-state index contributed by atoms with van der Waals surface area (Å²) in [7, 11) is 3.17. The lowest BCUT2D eigenvalue weighted by Crippen LogP contribution is -2.50. The zero-order valence-electron chi connectivity index (χ0n) is 20.8. The molecule has 2 N–H and O–H groups in total. The molecule has 4 aromatic rings. The first-order valence-corrected chi connectivity index (χ1v) is 11.9. The molecule has 0 unspecified atom stereocenters. The number of hydrogen-bond donors (Lipinski definition) is 1. The second-order valence-electron chi connectivity index (χ2n) is 8.70. The van der Waals surface area contributed by atoms with Gasteiger partial charge >= 0.3 is 0 Å². The number of benzene rings is 3. The van der Waals surface area contributed by atoms with E-state index in [4.69, 9.17) is 20.2 Å². The van der Waals surface area contributed by atoms with Gasteiger partial charge in [-0.25, -0.2) is 4.98 Å². The summed E-state index contributed by atoms with van der Waals surface area (Å²) >= 11 is 0. The lowest BCUT2D eigenvalue weighted by molar-refractivity contribution is -0.132. The Balaban J connectivity index is 0.00000320. The number of fused-ring (bicyclic) bond motifs is 1. The van der Waals surface area contributed by atoms with E-state index in [2.05, 4.69) is 9.88 Å². The van der Waals surface area contributed by atoms with Gasteiger partial charge in [0.15, 0.2) is 11.5 Å². The SMILES string of the molecule is COc1cc2nc(N3CCN(C(=O)C(c4ccccc4)c4ccccc4)CC3)nc(N)c2cc1OC.Cl. The standard InChI is InChI=1S/C28H29N5O3.ClH/c1-35-23-17-21-22(18-24(23)36-2)30-28(31-26(21)29)33-15-13-32(14-16-33)27(34)25(19-9-5-3-6-10-19)20-11-7-4-8-12-20;/h3-12,17-18,25H,13-16H2,1-2H3,(H2,29,30,31);1H. The summed E-state index contributed by atoms with van der Waals surface area (Å²) in [5, 5.41) is 0.707. The summed E-state index contributed by atoms with van der Waals surface area (Å²) in [6, 6.07) is 23.5. The van der Waals surface area contributed by atoms with Crippen molar-refractivity contribution in [2.45, 2.75) is 5.92 Å². The molecule has 1 aliphatic heterocycles. The summed E-state index contributed by atoms with van der Waals surface area (Å²) < 4.78 is 10.8. The number of carbonyl (C=O) groups is 1. The van der Waals surface area contributed by atoms with Crippen LogP contribution in [0.15, 0.2) is 72.8 Å². The first kappa shape index (κ1) is 26.0. The highest BCUT2D eigenvalue weighted by Crippen LogP contribution is 2.34. The van der Waals surface area contributed by atoms with Gasteiger partial charge in [0.1, 0.15) is 5.82 Å². The molecule has 37 heavy (non-hydrogen) atoms. The number of methoxy groups -OCH3 is 2. The van der Waals surface area contributed by atoms with Crippen LogP contribution in [0.3, 0.4) is 0 Å². The summed E-state index contributed by atoms with van der Waals surface area (Å²) in [5.74, 6) is 1.84. The van der Waals surface area contributed by atoms with Crippen LogP contribution >= 0.6 is 12.4 Å². The Kier molecular flexibility index (Phi) is 7.98. The maximum atomic E-state index is 13.7. The molecule has 5 rings (SSSR count). The Hall–Kier alpha value is -4.04. The molecule has 8 nitrogen and oxygen atoms in total. The Bertz CT molecular complexity index is 1320. The van der Waals surface area contributed by atoms with Crippen molar-refractivity contribution >= 4 is 41.0 Å². The van der Waals surface area contributed by atoms with E-state index in [-0.39, 0.29) is 24.2 Å². The summed E-state index contributed by atoms with van der Waals surface area (Å²) in [5.41, 5.74) is 8.95. The van der Waals surface area contributed by atoms with Gasteiger partial charge in [-0.05, 0) is 17.2 Å². The molecule has 0 bridgehead atoms. The van der Waals surface area contributed by atoms with Gasteiger partial charge in [0.2, 0.25) is 11.9 Å². The molecule has 2 heterocycles. The smallest absolute Gasteiger partial charge is 0.234 e. The van der Waals surface area contributed by atoms with Crippen molar-refractivity contribution in [3.8, 4) is 11.5 Å². The van der Waals surface area contributed by atoms with Gasteiger partial charge in [-0.15, -0.1) is 12.4 Å². The van der Waals surface area contributed by atoms with Gasteiger partial charge in [-0.2, -0.15) is 4.98 Å². The molecule has 0 spiro atoms. The first-order valence-electron chi connectivity index (χ1n) is 11.9. The highest BCUT2D eigenvalue weighted by atomic mass is 35.5. The molecule has 1 amide bonds. The van der Waals surface area contributed by atoms with Crippen LogP contribution in [0.5, 0.6) is 11.5 Å². The first-order chi connectivity index (χ1) is 17.6. The predicted octanol–water partition coefficient (Wildman–Crippen LogP) is 4.13. The topological polar surface area (TPSA) is 93.8 Å². The van der Waals surface area contributed by atoms with E-state index in [1.165, 1.54) is 0 Å². The minimum absolute atomic E-state index is 0. The van der Waals surface area contributed by atoms with E-state index >= 15 is 0 Å². The quantitative estimate of drug-likeness (QED) is 0.409. The molecule has 192 valence electrons. The Morgan fingerprint density at radius 2 is 1.38 bits per heavy atom. The normalized spacial score (nSPS) is 13.4. The van der Waals surface area contributed by atoms with Crippen LogP contribution in [-0.2, 0) is 4.79 Å². The number of nitrogens with two attached hydrogens (primary N) is 1. The van der Waals surface area contributed by atoms with Gasteiger partial charge in [0.25, 0.3) is 0 Å². The fourth-order valence-electron chi connectivity index (χ4n) is 4.69. The molecular weight excluding hydrogens is 490 g/mol. The third-order valence-corrected chi connectivity index (χ3v) is 6.61. The molecule has 0 aliphatic carbocycles. The second kappa shape index (κ2) is 11.3. The number of aromatic nitrogens is 2. The van der Waals surface area contributed by atoms with E-state index in [0.717, 1.165) is 11.1 Å². The van der Waals surface area contributed by atoms with Gasteiger partial charge in [0.05, 0.1) is 25.7 Å². The number of nitrogen functional groups attached to an aromatic ring is 1. The molecule has 0 radical (unpaired) electrons. The molecule has 0 saturated carbocycles. The van der Waals surface area contributed by atoms with Crippen LogP contribution in [-0.4, -0.2) is 61.2 Å². The van der Waals surface area contributed by atoms with Crippen LogP contribution in [0, 0.1) is 0 Å². The Labute approximate surface area is 222 Å². The number of ether oxygens (including phenoxy) is 2. The minimum Gasteiger partial charge on any atom is -0.493 e. The second-order valence-corrected chi connectivity index (χ2v) is 8.70. The number of hydrogen-bond acceptors (Lipinski definition) is 7. The number of halogens is 1. The van der Waals surface area contributed by atoms with Gasteiger partial charge in [-0.1, -0.05) is 60.7 Å². The lowest BCUT2D eigenvalue weighted by atomic mass is 9.90. The highest BCUT2D eigenvalue weighted by Gasteiger charge is 2.30. The zero-order chi connectivity index (χ0) is 25.1. The van der Waals surface area contributed by atoms with Gasteiger partial charge < -0.3 is 25.0 Å². The van der Waals surface area contributed by atoms with Crippen LogP contribution < -0.4 is 20.1 Å². The third kappa shape index (κ3) is 5.24. The van der Waals surface area contributed by atoms with Crippen molar-refractivity contribution < 1.29 is 14.3 Å². The fourth-order valence-corrected chi connectivity index (χ4v) is 4.69. The molecule has 1 fully saturated rings. The summed E-state index contributed by atoms with van der Waals surface area (Å²) in [4.78, 5) is 27.0. The van der Waals surface area contributed by atoms with Crippen molar-refractivity contribution in [3.05, 3.63) is 83.9 Å². The number of anilines is 2. The Morgan fingerprint density at radius 1 is 0.838 bits per heavy atom. The van der Waals surface area contributed by atoms with Crippen molar-refractivity contribution in [2.24, 2.45) is 0 Å². The van der Waals surface area contributed by atoms with E-state index in [1.807, 2.05) is 65.6 Å². The monoisotopic (exact) mass is 519 g/mol. The summed E-state index contributed by atoms with van der Waals surface area (Å²) in [6.07, 6.45) is 0.